The predicted octanol–water partition coefficient (Wildman–Crippen LogP) is 6.19. The SMILES string of the molecule is O=C(O)c1ccc(C(=O)OCCOC(=O)c2ccc(C(=O)O)cc2C2CCCCC2)c(C2CCCCC2)c1. The molecule has 0 saturated heterocycles. The van der Waals surface area contributed by atoms with Crippen LogP contribution in [0.4, 0.5) is 0 Å². The average Bonchev–Trinajstić information content (AvgIpc) is 2.95. The first-order valence-electron chi connectivity index (χ1n) is 13.4. The third-order valence-corrected chi connectivity index (χ3v) is 7.68. The summed E-state index contributed by atoms with van der Waals surface area (Å²) in [7, 11) is 0. The second-order valence-electron chi connectivity index (χ2n) is 10.2. The lowest BCUT2D eigenvalue weighted by Crippen LogP contribution is -2.19. The number of esters is 2. The van der Waals surface area contributed by atoms with E-state index in [2.05, 4.69) is 0 Å². The van der Waals surface area contributed by atoms with Crippen molar-refractivity contribution in [3.63, 3.8) is 0 Å². The fourth-order valence-electron chi connectivity index (χ4n) is 5.69. The number of carboxylic acids is 2. The van der Waals surface area contributed by atoms with Crippen molar-refractivity contribution in [1.82, 2.24) is 0 Å². The second-order valence-corrected chi connectivity index (χ2v) is 10.2. The Morgan fingerprint density at radius 2 is 0.974 bits per heavy atom. The lowest BCUT2D eigenvalue weighted by molar-refractivity contribution is 0.0263. The molecule has 0 aliphatic heterocycles. The summed E-state index contributed by atoms with van der Waals surface area (Å²) in [6, 6.07) is 8.95. The topological polar surface area (TPSA) is 127 Å². The van der Waals surface area contributed by atoms with Gasteiger partial charge in [0, 0.05) is 0 Å². The van der Waals surface area contributed by atoms with Gasteiger partial charge in [-0.05, 0) is 85.0 Å². The van der Waals surface area contributed by atoms with E-state index in [9.17, 15) is 29.4 Å². The molecule has 8 heteroatoms. The van der Waals surface area contributed by atoms with Crippen molar-refractivity contribution in [2.75, 3.05) is 13.2 Å². The first kappa shape index (κ1) is 27.4. The molecule has 0 spiro atoms. The Morgan fingerprint density at radius 3 is 1.32 bits per heavy atom. The minimum absolute atomic E-state index is 0.107. The van der Waals surface area contributed by atoms with Crippen LogP contribution in [0.3, 0.4) is 0 Å². The lowest BCUT2D eigenvalue weighted by Gasteiger charge is -2.24. The van der Waals surface area contributed by atoms with Gasteiger partial charge < -0.3 is 19.7 Å². The minimum Gasteiger partial charge on any atom is -0.478 e. The van der Waals surface area contributed by atoms with E-state index in [1.165, 1.54) is 24.3 Å². The van der Waals surface area contributed by atoms with Gasteiger partial charge in [0.1, 0.15) is 13.2 Å². The molecule has 0 amide bonds. The Balaban J connectivity index is 1.40. The highest BCUT2D eigenvalue weighted by molar-refractivity contribution is 5.95. The number of ether oxygens (including phenoxy) is 2. The molecule has 38 heavy (non-hydrogen) atoms. The number of aromatic carboxylic acids is 2. The average molecular weight is 523 g/mol. The van der Waals surface area contributed by atoms with Crippen molar-refractivity contribution < 1.29 is 38.9 Å². The molecule has 2 aliphatic carbocycles. The highest BCUT2D eigenvalue weighted by atomic mass is 16.6. The third kappa shape index (κ3) is 6.60. The van der Waals surface area contributed by atoms with Crippen LogP contribution in [0.25, 0.3) is 0 Å². The molecule has 0 aromatic heterocycles. The van der Waals surface area contributed by atoms with Crippen molar-refractivity contribution in [2.24, 2.45) is 0 Å². The molecular formula is C30H34O8. The number of benzene rings is 2. The zero-order valence-corrected chi connectivity index (χ0v) is 21.4. The van der Waals surface area contributed by atoms with Crippen molar-refractivity contribution >= 4 is 23.9 Å². The van der Waals surface area contributed by atoms with Crippen molar-refractivity contribution in [1.29, 1.82) is 0 Å². The van der Waals surface area contributed by atoms with E-state index >= 15 is 0 Å². The zero-order chi connectivity index (χ0) is 27.1. The van der Waals surface area contributed by atoms with E-state index in [0.717, 1.165) is 64.2 Å². The van der Waals surface area contributed by atoms with Gasteiger partial charge in [0.25, 0.3) is 0 Å². The van der Waals surface area contributed by atoms with E-state index in [1.54, 1.807) is 12.1 Å². The Hall–Kier alpha value is -3.68. The molecule has 2 aliphatic rings. The first-order chi connectivity index (χ1) is 18.3. The van der Waals surface area contributed by atoms with Crippen molar-refractivity contribution in [2.45, 2.75) is 76.0 Å². The summed E-state index contributed by atoms with van der Waals surface area (Å²) in [4.78, 5) is 48.8. The minimum atomic E-state index is -1.04. The monoisotopic (exact) mass is 522 g/mol. The fourth-order valence-corrected chi connectivity index (χ4v) is 5.69. The van der Waals surface area contributed by atoms with Gasteiger partial charge in [-0.2, -0.15) is 0 Å². The van der Waals surface area contributed by atoms with E-state index in [1.807, 2.05) is 0 Å². The second kappa shape index (κ2) is 12.7. The van der Waals surface area contributed by atoms with Crippen LogP contribution in [0.15, 0.2) is 36.4 Å². The van der Waals surface area contributed by atoms with Gasteiger partial charge in [-0.3, -0.25) is 0 Å². The van der Waals surface area contributed by atoms with Crippen molar-refractivity contribution in [3.8, 4) is 0 Å². The number of carboxylic acid groups (broad SMARTS) is 2. The van der Waals surface area contributed by atoms with E-state index in [-0.39, 0.29) is 36.2 Å². The lowest BCUT2D eigenvalue weighted by atomic mass is 9.81. The van der Waals surface area contributed by atoms with Gasteiger partial charge in [-0.1, -0.05) is 38.5 Å². The molecule has 202 valence electrons. The molecule has 0 atom stereocenters. The predicted molar refractivity (Wildman–Crippen MR) is 139 cm³/mol. The molecule has 0 bridgehead atoms. The quantitative estimate of drug-likeness (QED) is 0.295. The summed E-state index contributed by atoms with van der Waals surface area (Å²) >= 11 is 0. The maximum Gasteiger partial charge on any atom is 0.338 e. The number of carbonyl (C=O) groups is 4. The van der Waals surface area contributed by atoms with E-state index in [0.29, 0.717) is 22.3 Å². The summed E-state index contributed by atoms with van der Waals surface area (Å²) in [6.07, 6.45) is 9.95. The van der Waals surface area contributed by atoms with E-state index < -0.39 is 23.9 Å². The molecule has 0 heterocycles. The zero-order valence-electron chi connectivity index (χ0n) is 21.4. The fraction of sp³-hybridized carbons (Fsp3) is 0.467. The molecule has 2 fully saturated rings. The molecule has 8 nitrogen and oxygen atoms in total. The van der Waals surface area contributed by atoms with Crippen molar-refractivity contribution in [3.05, 3.63) is 69.8 Å². The molecule has 2 N–H and O–H groups in total. The standard InChI is InChI=1S/C30H34O8/c31-27(32)21-11-13-23(25(17-21)19-7-3-1-4-8-19)29(35)37-15-16-38-30(36)24-14-12-22(28(33)34)18-26(24)20-9-5-2-6-10-20/h11-14,17-20H,1-10,15-16H2,(H,31,32)(H,33,34). The van der Waals surface area contributed by atoms with Crippen LogP contribution in [-0.2, 0) is 9.47 Å². The van der Waals surface area contributed by atoms with E-state index in [4.69, 9.17) is 9.47 Å². The molecule has 4 rings (SSSR count). The normalized spacial score (nSPS) is 16.5. The van der Waals surface area contributed by atoms with Gasteiger partial charge in [-0.25, -0.2) is 19.2 Å². The summed E-state index contributed by atoms with van der Waals surface area (Å²) in [5, 5.41) is 18.8. The van der Waals surface area contributed by atoms with Crippen LogP contribution in [0, 0.1) is 0 Å². The maximum absolute atomic E-state index is 12.9. The molecule has 0 unspecified atom stereocenters. The maximum atomic E-state index is 12.9. The Morgan fingerprint density at radius 1 is 0.605 bits per heavy atom. The third-order valence-electron chi connectivity index (χ3n) is 7.68. The molecule has 2 saturated carbocycles. The molecule has 2 aromatic rings. The van der Waals surface area contributed by atoms with Crippen LogP contribution in [0.1, 0.15) is 129 Å². The Labute approximate surface area is 222 Å². The molecule has 0 radical (unpaired) electrons. The van der Waals surface area contributed by atoms with Gasteiger partial charge in [0.2, 0.25) is 0 Å². The van der Waals surface area contributed by atoms with Gasteiger partial charge in [0.05, 0.1) is 22.3 Å². The largest absolute Gasteiger partial charge is 0.478 e. The summed E-state index contributed by atoms with van der Waals surface area (Å²) < 4.78 is 10.8. The van der Waals surface area contributed by atoms with Crippen LogP contribution in [0.2, 0.25) is 0 Å². The number of carbonyl (C=O) groups excluding carboxylic acids is 2. The number of hydrogen-bond acceptors (Lipinski definition) is 6. The number of rotatable bonds is 9. The molecular weight excluding hydrogens is 488 g/mol. The first-order valence-corrected chi connectivity index (χ1v) is 13.4. The van der Waals surface area contributed by atoms with Gasteiger partial charge in [0.15, 0.2) is 0 Å². The summed E-state index contributed by atoms with van der Waals surface area (Å²) in [5.41, 5.74) is 2.36. The van der Waals surface area contributed by atoms with Crippen LogP contribution >= 0.6 is 0 Å². The van der Waals surface area contributed by atoms with Crippen LogP contribution in [0.5, 0.6) is 0 Å². The molecule has 2 aromatic carbocycles. The number of hydrogen-bond donors (Lipinski definition) is 2. The smallest absolute Gasteiger partial charge is 0.338 e. The van der Waals surface area contributed by atoms with Gasteiger partial charge in [-0.15, -0.1) is 0 Å². The summed E-state index contributed by atoms with van der Waals surface area (Å²) in [6.45, 7) is -0.303. The highest BCUT2D eigenvalue weighted by Gasteiger charge is 2.25. The van der Waals surface area contributed by atoms with Gasteiger partial charge >= 0.3 is 23.9 Å². The van der Waals surface area contributed by atoms with Crippen LogP contribution < -0.4 is 0 Å². The highest BCUT2D eigenvalue weighted by Crippen LogP contribution is 2.36. The summed E-state index contributed by atoms with van der Waals surface area (Å²) in [5.74, 6) is -3.03. The van der Waals surface area contributed by atoms with Crippen LogP contribution in [-0.4, -0.2) is 47.3 Å². The Bertz CT molecular complexity index is 1100. The Kier molecular flexibility index (Phi) is 9.15.